The molecule has 0 unspecified atom stereocenters. The van der Waals surface area contributed by atoms with Gasteiger partial charge in [0.25, 0.3) is 0 Å². The highest BCUT2D eigenvalue weighted by Crippen LogP contribution is 2.62. The summed E-state index contributed by atoms with van der Waals surface area (Å²) in [6, 6.07) is 24.0. The van der Waals surface area contributed by atoms with Gasteiger partial charge in [-0.2, -0.15) is 0 Å². The highest BCUT2D eigenvalue weighted by atomic mass is 16.2. The summed E-state index contributed by atoms with van der Waals surface area (Å²) in [5.74, 6) is -2.69. The molecule has 7 nitrogen and oxygen atoms in total. The Balaban J connectivity index is 1.55. The lowest BCUT2D eigenvalue weighted by Crippen LogP contribution is -2.73. The van der Waals surface area contributed by atoms with E-state index in [1.807, 2.05) is 48.5 Å². The molecule has 8 rings (SSSR count). The number of piperidine rings is 1. The van der Waals surface area contributed by atoms with E-state index in [1.165, 1.54) is 4.90 Å². The number of fused-ring (bicyclic) bond motifs is 1. The van der Waals surface area contributed by atoms with Gasteiger partial charge in [-0.25, -0.2) is 4.90 Å². The van der Waals surface area contributed by atoms with Crippen molar-refractivity contribution in [3.05, 3.63) is 126 Å². The molecule has 0 saturated carbocycles. The molecule has 0 spiro atoms. The van der Waals surface area contributed by atoms with Gasteiger partial charge in [0.05, 0.1) is 22.9 Å². The molecule has 3 aliphatic heterocycles. The predicted molar refractivity (Wildman–Crippen MR) is 135 cm³/mol. The van der Waals surface area contributed by atoms with Crippen molar-refractivity contribution < 1.29 is 14.4 Å². The summed E-state index contributed by atoms with van der Waals surface area (Å²) in [5.41, 5.74) is 1.09. The fourth-order valence-electron chi connectivity index (χ4n) is 6.80. The predicted octanol–water partition coefficient (Wildman–Crippen LogP) is 3.15. The number of benzene rings is 2. The molecule has 2 fully saturated rings. The number of hydrogen-bond acceptors (Lipinski definition) is 5. The highest BCUT2D eigenvalue weighted by Gasteiger charge is 2.75. The Labute approximate surface area is 213 Å². The Hall–Kier alpha value is -4.65. The SMILES string of the molecule is O=C1[C@@H]2[C@H](C(=O)N1c1ccccc1)[C@@]1(c3cccnc3)NC(=O)[C@@]2(Cc2cccnc2)c2ccccc21. The van der Waals surface area contributed by atoms with Crippen molar-refractivity contribution in [1.29, 1.82) is 0 Å². The topological polar surface area (TPSA) is 92.3 Å². The lowest BCUT2D eigenvalue weighted by atomic mass is 9.47. The van der Waals surface area contributed by atoms with E-state index in [4.69, 9.17) is 0 Å². The first-order valence-corrected chi connectivity index (χ1v) is 12.2. The number of nitrogens with one attached hydrogen (secondary N) is 1. The highest BCUT2D eigenvalue weighted by molar-refractivity contribution is 6.25. The van der Waals surface area contributed by atoms with E-state index in [2.05, 4.69) is 15.3 Å². The Kier molecular flexibility index (Phi) is 4.48. The maximum absolute atomic E-state index is 14.4. The molecular weight excluding hydrogens is 464 g/mol. The minimum atomic E-state index is -1.27. The Morgan fingerprint density at radius 2 is 1.41 bits per heavy atom. The number of rotatable bonds is 4. The lowest BCUT2D eigenvalue weighted by molar-refractivity contribution is -0.148. The molecule has 0 radical (unpaired) electrons. The van der Waals surface area contributed by atoms with E-state index in [1.54, 1.807) is 55.1 Å². The van der Waals surface area contributed by atoms with Gasteiger partial charge in [0.15, 0.2) is 0 Å². The summed E-state index contributed by atoms with van der Waals surface area (Å²) >= 11 is 0. The monoisotopic (exact) mass is 486 g/mol. The van der Waals surface area contributed by atoms with Crippen LogP contribution in [0, 0.1) is 11.8 Å². The number of anilines is 1. The molecule has 180 valence electrons. The quantitative estimate of drug-likeness (QED) is 0.448. The zero-order chi connectivity index (χ0) is 25.2. The summed E-state index contributed by atoms with van der Waals surface area (Å²) in [6.07, 6.45) is 6.97. The molecule has 37 heavy (non-hydrogen) atoms. The number of imide groups is 1. The second kappa shape index (κ2) is 7.67. The number of carbonyl (C=O) groups is 3. The van der Waals surface area contributed by atoms with Gasteiger partial charge >= 0.3 is 0 Å². The normalized spacial score (nSPS) is 27.6. The van der Waals surface area contributed by atoms with Crippen molar-refractivity contribution in [2.45, 2.75) is 17.4 Å². The Morgan fingerprint density at radius 1 is 0.730 bits per heavy atom. The first-order valence-electron chi connectivity index (χ1n) is 12.2. The fraction of sp³-hybridized carbons (Fsp3) is 0.167. The number of para-hydroxylation sites is 1. The number of amides is 3. The molecule has 2 aromatic carbocycles. The summed E-state index contributed by atoms with van der Waals surface area (Å²) in [4.78, 5) is 52.9. The minimum Gasteiger partial charge on any atom is -0.341 e. The van der Waals surface area contributed by atoms with Crippen molar-refractivity contribution in [3.63, 3.8) is 0 Å². The maximum atomic E-state index is 14.4. The molecule has 1 aliphatic carbocycles. The molecule has 1 N–H and O–H groups in total. The molecule has 5 heterocycles. The van der Waals surface area contributed by atoms with Crippen LogP contribution in [0.5, 0.6) is 0 Å². The second-order valence-electron chi connectivity index (χ2n) is 9.86. The van der Waals surface area contributed by atoms with Crippen LogP contribution in [0.1, 0.15) is 22.3 Å². The van der Waals surface area contributed by atoms with Crippen molar-refractivity contribution in [1.82, 2.24) is 15.3 Å². The third-order valence-corrected chi connectivity index (χ3v) is 8.19. The van der Waals surface area contributed by atoms with Gasteiger partial charge in [0.1, 0.15) is 5.54 Å². The zero-order valence-corrected chi connectivity index (χ0v) is 19.7. The van der Waals surface area contributed by atoms with Crippen LogP contribution in [-0.2, 0) is 31.8 Å². The number of hydrogen-bond donors (Lipinski definition) is 1. The number of carbonyl (C=O) groups excluding carboxylic acids is 3. The molecule has 4 atom stereocenters. The van der Waals surface area contributed by atoms with Gasteiger partial charge in [0.2, 0.25) is 17.7 Å². The van der Waals surface area contributed by atoms with E-state index in [0.29, 0.717) is 11.3 Å². The summed E-state index contributed by atoms with van der Waals surface area (Å²) in [7, 11) is 0. The third kappa shape index (κ3) is 2.68. The van der Waals surface area contributed by atoms with Gasteiger partial charge < -0.3 is 5.32 Å². The van der Waals surface area contributed by atoms with Gasteiger partial charge in [-0.15, -0.1) is 0 Å². The molecule has 2 aromatic heterocycles. The first-order chi connectivity index (χ1) is 18.1. The molecule has 2 saturated heterocycles. The lowest BCUT2D eigenvalue weighted by Gasteiger charge is -2.58. The summed E-state index contributed by atoms with van der Waals surface area (Å²) in [5, 5.41) is 3.26. The van der Waals surface area contributed by atoms with E-state index in [-0.39, 0.29) is 24.1 Å². The van der Waals surface area contributed by atoms with Gasteiger partial charge in [-0.1, -0.05) is 54.6 Å². The van der Waals surface area contributed by atoms with Gasteiger partial charge in [0, 0.05) is 30.4 Å². The second-order valence-corrected chi connectivity index (χ2v) is 9.86. The van der Waals surface area contributed by atoms with Crippen molar-refractivity contribution in [2.75, 3.05) is 4.90 Å². The van der Waals surface area contributed by atoms with Gasteiger partial charge in [-0.05, 0) is 47.4 Å². The van der Waals surface area contributed by atoms with Crippen LogP contribution in [0.3, 0.4) is 0 Å². The largest absolute Gasteiger partial charge is 0.341 e. The van der Waals surface area contributed by atoms with Crippen LogP contribution in [-0.4, -0.2) is 27.7 Å². The van der Waals surface area contributed by atoms with Crippen LogP contribution >= 0.6 is 0 Å². The fourth-order valence-corrected chi connectivity index (χ4v) is 6.80. The van der Waals surface area contributed by atoms with Crippen molar-refractivity contribution >= 4 is 23.4 Å². The third-order valence-electron chi connectivity index (χ3n) is 8.19. The zero-order valence-electron chi connectivity index (χ0n) is 19.7. The maximum Gasteiger partial charge on any atom is 0.240 e. The van der Waals surface area contributed by atoms with Crippen molar-refractivity contribution in [2.24, 2.45) is 11.8 Å². The Morgan fingerprint density at radius 3 is 2.11 bits per heavy atom. The smallest absolute Gasteiger partial charge is 0.240 e. The summed E-state index contributed by atoms with van der Waals surface area (Å²) < 4.78 is 0. The minimum absolute atomic E-state index is 0.246. The molecule has 4 aliphatic rings. The standard InChI is InChI=1S/C30H22N4O3/c35-26-24-25(27(36)34(26)21-10-2-1-3-11-21)30(20-9-7-15-32-18-20)23-13-5-4-12-22(23)29(24,28(37)33-30)16-19-8-6-14-31-17-19/h1-15,17-18,24-25H,16H2,(H,33,37)/t24-,25+,29-,30-/m0/s1. The van der Waals surface area contributed by atoms with E-state index in [0.717, 1.165) is 16.7 Å². The number of nitrogens with zero attached hydrogens (tertiary/aromatic N) is 3. The van der Waals surface area contributed by atoms with Crippen LogP contribution in [0.2, 0.25) is 0 Å². The van der Waals surface area contributed by atoms with Crippen molar-refractivity contribution in [3.8, 4) is 0 Å². The Bertz CT molecular complexity index is 1560. The molecule has 7 heteroatoms. The van der Waals surface area contributed by atoms with Crippen LogP contribution < -0.4 is 10.2 Å². The van der Waals surface area contributed by atoms with Gasteiger partial charge in [-0.3, -0.25) is 24.4 Å². The molecular formula is C30H22N4O3. The van der Waals surface area contributed by atoms with E-state index in [9.17, 15) is 14.4 Å². The van der Waals surface area contributed by atoms with E-state index < -0.39 is 22.8 Å². The molecule has 2 bridgehead atoms. The van der Waals surface area contributed by atoms with Crippen LogP contribution in [0.15, 0.2) is 104 Å². The average molecular weight is 487 g/mol. The first kappa shape index (κ1) is 21.6. The summed E-state index contributed by atoms with van der Waals surface area (Å²) in [6.45, 7) is 0. The van der Waals surface area contributed by atoms with Crippen LogP contribution in [0.4, 0.5) is 5.69 Å². The van der Waals surface area contributed by atoms with Crippen LogP contribution in [0.25, 0.3) is 0 Å². The van der Waals surface area contributed by atoms with E-state index >= 15 is 0 Å². The number of pyridine rings is 2. The molecule has 4 aromatic rings. The average Bonchev–Trinajstić information content (AvgIpc) is 3.22. The number of aromatic nitrogens is 2. The molecule has 3 amide bonds.